The highest BCUT2D eigenvalue weighted by Crippen LogP contribution is 2.32. The molecular weight excluding hydrogens is 278 g/mol. The van der Waals surface area contributed by atoms with Crippen LogP contribution < -0.4 is 4.74 Å². The van der Waals surface area contributed by atoms with E-state index in [0.29, 0.717) is 24.0 Å². The first-order valence-electron chi connectivity index (χ1n) is 6.87. The number of benzene rings is 1. The van der Waals surface area contributed by atoms with Crippen molar-refractivity contribution in [1.29, 1.82) is 0 Å². The Morgan fingerprint density at radius 1 is 1.14 bits per heavy atom. The molecule has 6 nitrogen and oxygen atoms in total. The largest absolute Gasteiger partial charge is 0.478 e. The van der Waals surface area contributed by atoms with Crippen LogP contribution in [0.2, 0.25) is 0 Å². The third-order valence-electron chi connectivity index (χ3n) is 3.15. The van der Waals surface area contributed by atoms with Crippen LogP contribution in [0.15, 0.2) is 53.6 Å². The Hall–Kier alpha value is -3.11. The standard InChI is InChI=1S/C16H13N5O/c1-2-22-14-9-8-12-10-13(11-6-4-3-5-7-11)16(20-21-17)19-15(12)18-14/h3-10H,2H2,1H3. The Morgan fingerprint density at radius 3 is 2.68 bits per heavy atom. The smallest absolute Gasteiger partial charge is 0.215 e. The maximum absolute atomic E-state index is 8.78. The van der Waals surface area contributed by atoms with Crippen molar-refractivity contribution in [2.75, 3.05) is 6.61 Å². The molecule has 108 valence electrons. The highest BCUT2D eigenvalue weighted by Gasteiger charge is 2.09. The summed E-state index contributed by atoms with van der Waals surface area (Å²) in [6.07, 6.45) is 0. The molecule has 2 aromatic heterocycles. The average Bonchev–Trinajstić information content (AvgIpc) is 2.55. The van der Waals surface area contributed by atoms with Crippen molar-refractivity contribution in [2.24, 2.45) is 5.11 Å². The van der Waals surface area contributed by atoms with Crippen molar-refractivity contribution in [2.45, 2.75) is 6.92 Å². The second kappa shape index (κ2) is 6.11. The van der Waals surface area contributed by atoms with Gasteiger partial charge in [-0.3, -0.25) is 0 Å². The van der Waals surface area contributed by atoms with Gasteiger partial charge in [-0.25, -0.2) is 4.98 Å². The van der Waals surface area contributed by atoms with Gasteiger partial charge in [0, 0.05) is 21.9 Å². The number of nitrogens with zero attached hydrogens (tertiary/aromatic N) is 5. The Kier molecular flexibility index (Phi) is 3.85. The molecule has 0 saturated heterocycles. The summed E-state index contributed by atoms with van der Waals surface area (Å²) in [4.78, 5) is 11.6. The lowest BCUT2D eigenvalue weighted by atomic mass is 10.1. The first-order valence-corrected chi connectivity index (χ1v) is 6.87. The Morgan fingerprint density at radius 2 is 1.95 bits per heavy atom. The number of hydrogen-bond acceptors (Lipinski definition) is 4. The van der Waals surface area contributed by atoms with Crippen molar-refractivity contribution in [3.8, 4) is 17.0 Å². The minimum Gasteiger partial charge on any atom is -0.478 e. The zero-order valence-electron chi connectivity index (χ0n) is 12.0. The molecule has 0 aliphatic carbocycles. The van der Waals surface area contributed by atoms with Crippen molar-refractivity contribution < 1.29 is 4.74 Å². The number of rotatable bonds is 4. The zero-order valence-corrected chi connectivity index (χ0v) is 12.0. The van der Waals surface area contributed by atoms with Gasteiger partial charge in [0.2, 0.25) is 5.88 Å². The normalized spacial score (nSPS) is 10.2. The summed E-state index contributed by atoms with van der Waals surface area (Å²) in [5.41, 5.74) is 11.0. The summed E-state index contributed by atoms with van der Waals surface area (Å²) in [5.74, 6) is 0.809. The fraction of sp³-hybridized carbons (Fsp3) is 0.125. The molecule has 0 fully saturated rings. The van der Waals surface area contributed by atoms with E-state index in [2.05, 4.69) is 20.0 Å². The molecule has 3 rings (SSSR count). The molecular formula is C16H13N5O. The van der Waals surface area contributed by atoms with E-state index in [9.17, 15) is 0 Å². The van der Waals surface area contributed by atoms with Crippen LogP contribution in [-0.4, -0.2) is 16.6 Å². The second-order valence-electron chi connectivity index (χ2n) is 4.54. The number of ether oxygens (including phenoxy) is 1. The SMILES string of the molecule is CCOc1ccc2cc(-c3ccccc3)c(N=[N+]=[N-])nc2n1. The van der Waals surface area contributed by atoms with Gasteiger partial charge in [0.25, 0.3) is 0 Å². The van der Waals surface area contributed by atoms with E-state index in [1.54, 1.807) is 6.07 Å². The highest BCUT2D eigenvalue weighted by atomic mass is 16.5. The molecule has 0 aliphatic rings. The lowest BCUT2D eigenvalue weighted by molar-refractivity contribution is 0.328. The molecule has 0 unspecified atom stereocenters. The van der Waals surface area contributed by atoms with Gasteiger partial charge in [-0.15, -0.1) is 0 Å². The molecule has 0 amide bonds. The first-order chi connectivity index (χ1) is 10.8. The quantitative estimate of drug-likeness (QED) is 0.399. The summed E-state index contributed by atoms with van der Waals surface area (Å²) in [7, 11) is 0. The van der Waals surface area contributed by atoms with E-state index in [1.807, 2.05) is 49.4 Å². The van der Waals surface area contributed by atoms with Gasteiger partial charge in [-0.05, 0) is 35.3 Å². The summed E-state index contributed by atoms with van der Waals surface area (Å²) in [5, 5.41) is 4.56. The van der Waals surface area contributed by atoms with E-state index in [0.717, 1.165) is 16.5 Å². The van der Waals surface area contributed by atoms with E-state index < -0.39 is 0 Å². The molecule has 2 heterocycles. The van der Waals surface area contributed by atoms with Crippen LogP contribution in [0.5, 0.6) is 5.88 Å². The van der Waals surface area contributed by atoms with Crippen LogP contribution in [0.1, 0.15) is 6.92 Å². The Balaban J connectivity index is 2.22. The van der Waals surface area contributed by atoms with Gasteiger partial charge in [-0.2, -0.15) is 4.98 Å². The van der Waals surface area contributed by atoms with Gasteiger partial charge < -0.3 is 4.74 Å². The van der Waals surface area contributed by atoms with Crippen LogP contribution in [0, 0.1) is 0 Å². The van der Waals surface area contributed by atoms with E-state index in [4.69, 9.17) is 10.3 Å². The van der Waals surface area contributed by atoms with Gasteiger partial charge >= 0.3 is 0 Å². The lowest BCUT2D eigenvalue weighted by Gasteiger charge is -2.08. The number of aromatic nitrogens is 2. The molecule has 1 aromatic carbocycles. The molecule has 0 bridgehead atoms. The van der Waals surface area contributed by atoms with Crippen molar-refractivity contribution >= 4 is 16.9 Å². The predicted molar refractivity (Wildman–Crippen MR) is 84.9 cm³/mol. The summed E-state index contributed by atoms with van der Waals surface area (Å²) in [6, 6.07) is 15.3. The van der Waals surface area contributed by atoms with Crippen molar-refractivity contribution in [3.63, 3.8) is 0 Å². The van der Waals surface area contributed by atoms with Crippen LogP contribution in [0.3, 0.4) is 0 Å². The molecule has 0 N–H and O–H groups in total. The fourth-order valence-electron chi connectivity index (χ4n) is 2.20. The van der Waals surface area contributed by atoms with Crippen molar-refractivity contribution in [3.05, 3.63) is 59.0 Å². The van der Waals surface area contributed by atoms with Crippen LogP contribution in [0.25, 0.3) is 32.6 Å². The van der Waals surface area contributed by atoms with Gasteiger partial charge in [-0.1, -0.05) is 30.3 Å². The maximum Gasteiger partial charge on any atom is 0.215 e. The molecule has 0 saturated carbocycles. The minimum absolute atomic E-state index is 0.308. The van der Waals surface area contributed by atoms with Crippen LogP contribution >= 0.6 is 0 Å². The van der Waals surface area contributed by atoms with Crippen LogP contribution in [0.4, 0.5) is 5.82 Å². The Labute approximate surface area is 127 Å². The lowest BCUT2D eigenvalue weighted by Crippen LogP contribution is -1.95. The van der Waals surface area contributed by atoms with Crippen molar-refractivity contribution in [1.82, 2.24) is 9.97 Å². The molecule has 0 aliphatic heterocycles. The number of fused-ring (bicyclic) bond motifs is 1. The average molecular weight is 291 g/mol. The maximum atomic E-state index is 8.78. The number of pyridine rings is 2. The van der Waals surface area contributed by atoms with Crippen LogP contribution in [-0.2, 0) is 0 Å². The molecule has 22 heavy (non-hydrogen) atoms. The molecule has 3 aromatic rings. The summed E-state index contributed by atoms with van der Waals surface area (Å²) >= 11 is 0. The Bertz CT molecular complexity index is 857. The number of hydrogen-bond donors (Lipinski definition) is 0. The van der Waals surface area contributed by atoms with Gasteiger partial charge in [0.1, 0.15) is 5.82 Å². The zero-order chi connectivity index (χ0) is 15.4. The topological polar surface area (TPSA) is 83.8 Å². The molecule has 0 atom stereocenters. The predicted octanol–water partition coefficient (Wildman–Crippen LogP) is 4.64. The number of azide groups is 1. The first kappa shape index (κ1) is 13.9. The van der Waals surface area contributed by atoms with E-state index >= 15 is 0 Å². The van der Waals surface area contributed by atoms with Gasteiger partial charge in [0.15, 0.2) is 5.65 Å². The second-order valence-corrected chi connectivity index (χ2v) is 4.54. The monoisotopic (exact) mass is 291 g/mol. The third kappa shape index (κ3) is 2.68. The highest BCUT2D eigenvalue weighted by molar-refractivity contribution is 5.86. The molecule has 0 spiro atoms. The van der Waals surface area contributed by atoms with E-state index in [1.165, 1.54) is 0 Å². The summed E-state index contributed by atoms with van der Waals surface area (Å²) in [6.45, 7) is 2.42. The van der Waals surface area contributed by atoms with E-state index in [-0.39, 0.29) is 0 Å². The van der Waals surface area contributed by atoms with Gasteiger partial charge in [0.05, 0.1) is 6.61 Å². The molecule has 6 heteroatoms. The fourth-order valence-corrected chi connectivity index (χ4v) is 2.20. The minimum atomic E-state index is 0.308. The molecule has 0 radical (unpaired) electrons. The summed E-state index contributed by atoms with van der Waals surface area (Å²) < 4.78 is 5.37. The third-order valence-corrected chi connectivity index (χ3v) is 3.15.